The van der Waals surface area contributed by atoms with Gasteiger partial charge in [-0.15, -0.1) is 0 Å². The molecule has 20 heavy (non-hydrogen) atoms. The van der Waals surface area contributed by atoms with E-state index in [9.17, 15) is 4.79 Å². The van der Waals surface area contributed by atoms with Crippen LogP contribution in [0.1, 0.15) is 22.5 Å². The summed E-state index contributed by atoms with van der Waals surface area (Å²) in [7, 11) is 0. The third-order valence-electron chi connectivity index (χ3n) is 2.87. The lowest BCUT2D eigenvalue weighted by molar-refractivity contribution is 0.0955. The number of pyridine rings is 1. The van der Waals surface area contributed by atoms with Crippen LogP contribution in [0, 0.1) is 6.92 Å². The van der Waals surface area contributed by atoms with Gasteiger partial charge in [-0.25, -0.2) is 0 Å². The molecule has 1 N–H and O–H groups in total. The zero-order valence-electron chi connectivity index (χ0n) is 11.2. The lowest BCUT2D eigenvalue weighted by Crippen LogP contribution is -2.25. The molecule has 0 spiro atoms. The van der Waals surface area contributed by atoms with Gasteiger partial charge in [0.15, 0.2) is 0 Å². The SMILES string of the molecule is Cc1cc(C(=O)NCCCN=[N+]=[N-])c2ccccc2n1. The van der Waals surface area contributed by atoms with E-state index in [1.807, 2.05) is 31.2 Å². The van der Waals surface area contributed by atoms with Crippen molar-refractivity contribution in [2.24, 2.45) is 5.11 Å². The van der Waals surface area contributed by atoms with Crippen molar-refractivity contribution < 1.29 is 4.79 Å². The molecule has 2 rings (SSSR count). The van der Waals surface area contributed by atoms with Gasteiger partial charge in [0.25, 0.3) is 5.91 Å². The van der Waals surface area contributed by atoms with Gasteiger partial charge in [0.1, 0.15) is 0 Å². The van der Waals surface area contributed by atoms with Crippen LogP contribution >= 0.6 is 0 Å². The minimum Gasteiger partial charge on any atom is -0.352 e. The maximum Gasteiger partial charge on any atom is 0.252 e. The number of nitrogens with one attached hydrogen (secondary N) is 1. The quantitative estimate of drug-likeness (QED) is 0.391. The topological polar surface area (TPSA) is 90.8 Å². The van der Waals surface area contributed by atoms with Crippen LogP contribution in [-0.2, 0) is 0 Å². The first-order chi connectivity index (χ1) is 9.72. The van der Waals surface area contributed by atoms with Crippen molar-refractivity contribution in [3.63, 3.8) is 0 Å². The summed E-state index contributed by atoms with van der Waals surface area (Å²) >= 11 is 0. The van der Waals surface area contributed by atoms with E-state index in [0.717, 1.165) is 16.6 Å². The standard InChI is InChI=1S/C14H15N5O/c1-10-9-12(11-5-2-3-6-13(11)18-10)14(20)16-7-4-8-17-19-15/h2-3,5-6,9H,4,7-8H2,1H3,(H,16,20). The van der Waals surface area contributed by atoms with E-state index in [2.05, 4.69) is 20.3 Å². The summed E-state index contributed by atoms with van der Waals surface area (Å²) in [5.41, 5.74) is 10.4. The number of rotatable bonds is 5. The molecule has 1 aromatic heterocycles. The Kier molecular flexibility index (Phi) is 4.52. The van der Waals surface area contributed by atoms with Crippen molar-refractivity contribution in [1.29, 1.82) is 0 Å². The summed E-state index contributed by atoms with van der Waals surface area (Å²) in [5, 5.41) is 7.09. The van der Waals surface area contributed by atoms with Crippen LogP contribution in [0.2, 0.25) is 0 Å². The largest absolute Gasteiger partial charge is 0.352 e. The third kappa shape index (κ3) is 3.24. The third-order valence-corrected chi connectivity index (χ3v) is 2.87. The molecule has 1 heterocycles. The Labute approximate surface area is 116 Å². The Morgan fingerprint density at radius 1 is 1.45 bits per heavy atom. The van der Waals surface area contributed by atoms with Crippen LogP contribution in [0.5, 0.6) is 0 Å². The molecule has 1 aromatic carbocycles. The highest BCUT2D eigenvalue weighted by Crippen LogP contribution is 2.17. The molecule has 102 valence electrons. The molecule has 0 aliphatic heterocycles. The van der Waals surface area contributed by atoms with Crippen molar-refractivity contribution >= 4 is 16.8 Å². The van der Waals surface area contributed by atoms with E-state index in [0.29, 0.717) is 25.1 Å². The maximum atomic E-state index is 12.2. The number of para-hydroxylation sites is 1. The Morgan fingerprint density at radius 3 is 3.05 bits per heavy atom. The summed E-state index contributed by atoms with van der Waals surface area (Å²) in [6.07, 6.45) is 0.623. The number of aromatic nitrogens is 1. The van der Waals surface area contributed by atoms with Crippen molar-refractivity contribution in [2.75, 3.05) is 13.1 Å². The zero-order valence-corrected chi connectivity index (χ0v) is 11.2. The lowest BCUT2D eigenvalue weighted by Gasteiger charge is -2.08. The highest BCUT2D eigenvalue weighted by Gasteiger charge is 2.10. The van der Waals surface area contributed by atoms with Crippen molar-refractivity contribution in [2.45, 2.75) is 13.3 Å². The van der Waals surface area contributed by atoms with Crippen LogP contribution < -0.4 is 5.32 Å². The number of aryl methyl sites for hydroxylation is 1. The molecular weight excluding hydrogens is 254 g/mol. The average molecular weight is 269 g/mol. The number of hydrogen-bond acceptors (Lipinski definition) is 3. The maximum absolute atomic E-state index is 12.2. The van der Waals surface area contributed by atoms with Crippen LogP contribution in [0.25, 0.3) is 21.3 Å². The number of hydrogen-bond donors (Lipinski definition) is 1. The molecule has 6 heteroatoms. The van der Waals surface area contributed by atoms with Crippen molar-refractivity contribution in [3.8, 4) is 0 Å². The lowest BCUT2D eigenvalue weighted by atomic mass is 10.1. The van der Waals surface area contributed by atoms with E-state index >= 15 is 0 Å². The van der Waals surface area contributed by atoms with Crippen LogP contribution in [-0.4, -0.2) is 24.0 Å². The van der Waals surface area contributed by atoms with E-state index in [1.54, 1.807) is 6.07 Å². The summed E-state index contributed by atoms with van der Waals surface area (Å²) in [4.78, 5) is 19.3. The van der Waals surface area contributed by atoms with E-state index < -0.39 is 0 Å². The van der Waals surface area contributed by atoms with Gasteiger partial charge in [-0.2, -0.15) is 0 Å². The summed E-state index contributed by atoms with van der Waals surface area (Å²) < 4.78 is 0. The van der Waals surface area contributed by atoms with Crippen LogP contribution in [0.3, 0.4) is 0 Å². The Hall–Kier alpha value is -2.59. The average Bonchev–Trinajstić information content (AvgIpc) is 2.46. The van der Waals surface area contributed by atoms with Crippen LogP contribution in [0.15, 0.2) is 35.4 Å². The molecule has 0 bridgehead atoms. The number of azide groups is 1. The molecular formula is C14H15N5O. The molecule has 0 radical (unpaired) electrons. The van der Waals surface area contributed by atoms with Gasteiger partial charge in [-0.3, -0.25) is 9.78 Å². The number of nitrogens with zero attached hydrogens (tertiary/aromatic N) is 4. The minimum absolute atomic E-state index is 0.132. The fraction of sp³-hybridized carbons (Fsp3) is 0.286. The molecule has 2 aromatic rings. The second-order valence-electron chi connectivity index (χ2n) is 4.39. The highest BCUT2D eigenvalue weighted by atomic mass is 16.1. The summed E-state index contributed by atoms with van der Waals surface area (Å²) in [5.74, 6) is -0.132. The molecule has 0 saturated carbocycles. The van der Waals surface area contributed by atoms with Crippen LogP contribution in [0.4, 0.5) is 0 Å². The molecule has 0 unspecified atom stereocenters. The zero-order chi connectivity index (χ0) is 14.4. The molecule has 0 saturated heterocycles. The summed E-state index contributed by atoms with van der Waals surface area (Å²) in [6, 6.07) is 9.34. The number of benzene rings is 1. The Morgan fingerprint density at radius 2 is 2.25 bits per heavy atom. The van der Waals surface area contributed by atoms with Crippen molar-refractivity contribution in [1.82, 2.24) is 10.3 Å². The normalized spacial score (nSPS) is 10.1. The van der Waals surface area contributed by atoms with E-state index in [-0.39, 0.29) is 5.91 Å². The predicted octanol–water partition coefficient (Wildman–Crippen LogP) is 2.97. The molecule has 6 nitrogen and oxygen atoms in total. The molecule has 1 amide bonds. The smallest absolute Gasteiger partial charge is 0.252 e. The number of carbonyl (C=O) groups excluding carboxylic acids is 1. The van der Waals surface area contributed by atoms with Gasteiger partial charge < -0.3 is 5.32 Å². The molecule has 0 atom stereocenters. The number of carbonyl (C=O) groups is 1. The Bertz CT molecular complexity index is 676. The Balaban J connectivity index is 2.15. The summed E-state index contributed by atoms with van der Waals surface area (Å²) in [6.45, 7) is 2.73. The monoisotopic (exact) mass is 269 g/mol. The molecule has 0 aliphatic rings. The predicted molar refractivity (Wildman–Crippen MR) is 77.4 cm³/mol. The van der Waals surface area contributed by atoms with Gasteiger partial charge in [-0.05, 0) is 31.0 Å². The van der Waals surface area contributed by atoms with E-state index in [4.69, 9.17) is 5.53 Å². The minimum atomic E-state index is -0.132. The van der Waals surface area contributed by atoms with Gasteiger partial charge in [-0.1, -0.05) is 23.3 Å². The second-order valence-corrected chi connectivity index (χ2v) is 4.39. The van der Waals surface area contributed by atoms with Gasteiger partial charge in [0.2, 0.25) is 0 Å². The number of fused-ring (bicyclic) bond motifs is 1. The van der Waals surface area contributed by atoms with Gasteiger partial charge in [0, 0.05) is 29.1 Å². The van der Waals surface area contributed by atoms with Crippen molar-refractivity contribution in [3.05, 3.63) is 52.0 Å². The fourth-order valence-electron chi connectivity index (χ4n) is 1.99. The first kappa shape index (κ1) is 13.8. The van der Waals surface area contributed by atoms with Gasteiger partial charge in [0.05, 0.1) is 11.1 Å². The first-order valence-electron chi connectivity index (χ1n) is 6.38. The second kappa shape index (κ2) is 6.54. The molecule has 0 aliphatic carbocycles. The first-order valence-corrected chi connectivity index (χ1v) is 6.38. The fourth-order valence-corrected chi connectivity index (χ4v) is 1.99. The van der Waals surface area contributed by atoms with E-state index in [1.165, 1.54) is 0 Å². The number of amides is 1. The van der Waals surface area contributed by atoms with Gasteiger partial charge >= 0.3 is 0 Å². The highest BCUT2D eigenvalue weighted by molar-refractivity contribution is 6.06. The molecule has 0 fully saturated rings.